The lowest BCUT2D eigenvalue weighted by molar-refractivity contribution is -0.131. The molecule has 0 unspecified atom stereocenters. The lowest BCUT2D eigenvalue weighted by atomic mass is 9.84. The zero-order valence-electron chi connectivity index (χ0n) is 24.1. The van der Waals surface area contributed by atoms with Crippen LogP contribution in [-0.2, 0) is 27.6 Å². The summed E-state index contributed by atoms with van der Waals surface area (Å²) >= 11 is 0. The molecule has 4 rings (SSSR count). The molecule has 1 fully saturated rings. The van der Waals surface area contributed by atoms with Gasteiger partial charge >= 0.3 is 0 Å². The molecule has 40 heavy (non-hydrogen) atoms. The van der Waals surface area contributed by atoms with E-state index in [1.165, 1.54) is 0 Å². The number of hydrogen-bond donors (Lipinski definition) is 0. The summed E-state index contributed by atoms with van der Waals surface area (Å²) in [5.41, 5.74) is 4.97. The van der Waals surface area contributed by atoms with Crippen molar-refractivity contribution in [3.05, 3.63) is 119 Å². The fraction of sp³-hybridized carbons (Fsp3) is 0.324. The number of rotatable bonds is 10. The summed E-state index contributed by atoms with van der Waals surface area (Å²) in [6, 6.07) is 22.1. The van der Waals surface area contributed by atoms with Crippen LogP contribution in [0.4, 0.5) is 0 Å². The largest absolute Gasteiger partial charge is 0.497 e. The summed E-state index contributed by atoms with van der Waals surface area (Å²) in [7, 11) is -2.50. The molecular formula is C34H39NO4S. The number of carbonyl (C=O) groups excluding carboxylic acids is 1. The minimum absolute atomic E-state index is 0.0740. The Bertz CT molecular complexity index is 1480. The maximum Gasteiger partial charge on any atom is 0.246 e. The molecule has 0 aliphatic carbocycles. The van der Waals surface area contributed by atoms with Gasteiger partial charge in [-0.2, -0.15) is 0 Å². The molecule has 1 saturated heterocycles. The summed E-state index contributed by atoms with van der Waals surface area (Å²) in [4.78, 5) is 16.6. The van der Waals surface area contributed by atoms with Gasteiger partial charge in [-0.25, -0.2) is 8.42 Å². The maximum atomic E-state index is 14.7. The minimum atomic E-state index is -4.12. The van der Waals surface area contributed by atoms with Crippen molar-refractivity contribution in [3.63, 3.8) is 0 Å². The molecule has 5 nitrogen and oxygen atoms in total. The van der Waals surface area contributed by atoms with Crippen LogP contribution in [-0.4, -0.2) is 37.1 Å². The normalized spacial score (nSPS) is 20.8. The second-order valence-corrected chi connectivity index (χ2v) is 13.2. The van der Waals surface area contributed by atoms with Crippen molar-refractivity contribution in [2.45, 2.75) is 62.8 Å². The number of ether oxygens (including phenoxy) is 1. The highest BCUT2D eigenvalue weighted by Crippen LogP contribution is 2.48. The van der Waals surface area contributed by atoms with E-state index in [0.717, 1.165) is 33.6 Å². The highest BCUT2D eigenvalue weighted by Gasteiger charge is 2.64. The third-order valence-corrected chi connectivity index (χ3v) is 10.4. The number of allylic oxidation sites excluding steroid dienone is 2. The number of aryl methyl sites for hydroxylation is 2. The Morgan fingerprint density at radius 2 is 1.48 bits per heavy atom. The third kappa shape index (κ3) is 5.50. The number of likely N-dealkylation sites (tertiary alicyclic amines) is 1. The van der Waals surface area contributed by atoms with E-state index in [9.17, 15) is 13.2 Å². The predicted molar refractivity (Wildman–Crippen MR) is 161 cm³/mol. The average molecular weight is 558 g/mol. The molecule has 1 aliphatic rings. The summed E-state index contributed by atoms with van der Waals surface area (Å²) in [5.74, 6) is -0.285. The highest BCUT2D eigenvalue weighted by atomic mass is 32.2. The van der Waals surface area contributed by atoms with Gasteiger partial charge in [0.25, 0.3) is 0 Å². The summed E-state index contributed by atoms with van der Waals surface area (Å²) < 4.78 is 32.9. The Kier molecular flexibility index (Phi) is 8.69. The van der Waals surface area contributed by atoms with Crippen LogP contribution in [0.1, 0.15) is 42.5 Å². The molecule has 6 heteroatoms. The van der Waals surface area contributed by atoms with Crippen LogP contribution in [0.25, 0.3) is 0 Å². The number of carbonyl (C=O) groups is 1. The Morgan fingerprint density at radius 3 is 2.00 bits per heavy atom. The summed E-state index contributed by atoms with van der Waals surface area (Å²) in [5, 5.41) is 0. The number of hydrogen-bond acceptors (Lipinski definition) is 4. The Balaban J connectivity index is 1.91. The van der Waals surface area contributed by atoms with Gasteiger partial charge in [0.05, 0.1) is 12.0 Å². The third-order valence-electron chi connectivity index (χ3n) is 7.93. The average Bonchev–Trinajstić information content (AvgIpc) is 3.16. The topological polar surface area (TPSA) is 63.7 Å². The molecule has 0 spiro atoms. The molecule has 3 aromatic rings. The van der Waals surface area contributed by atoms with Crippen LogP contribution >= 0.6 is 0 Å². The van der Waals surface area contributed by atoms with Crippen molar-refractivity contribution >= 4 is 15.7 Å². The van der Waals surface area contributed by atoms with Gasteiger partial charge in [0, 0.05) is 18.5 Å². The first-order chi connectivity index (χ1) is 19.0. The number of amides is 1. The van der Waals surface area contributed by atoms with E-state index in [1.54, 1.807) is 42.4 Å². The molecule has 0 saturated carbocycles. The quantitative estimate of drug-likeness (QED) is 0.262. The fourth-order valence-corrected chi connectivity index (χ4v) is 7.80. The van der Waals surface area contributed by atoms with E-state index >= 15 is 0 Å². The molecule has 3 atom stereocenters. The monoisotopic (exact) mass is 557 g/mol. The minimum Gasteiger partial charge on any atom is -0.497 e. The van der Waals surface area contributed by atoms with Crippen molar-refractivity contribution in [2.24, 2.45) is 5.92 Å². The molecule has 210 valence electrons. The van der Waals surface area contributed by atoms with E-state index < -0.39 is 26.5 Å². The van der Waals surface area contributed by atoms with E-state index in [4.69, 9.17) is 4.74 Å². The molecule has 1 heterocycles. The number of methoxy groups -OCH3 is 1. The lowest BCUT2D eigenvalue weighted by Crippen LogP contribution is -2.49. The van der Waals surface area contributed by atoms with Gasteiger partial charge in [0.2, 0.25) is 5.91 Å². The fourth-order valence-electron chi connectivity index (χ4n) is 5.62. The van der Waals surface area contributed by atoms with Crippen molar-refractivity contribution < 1.29 is 17.9 Å². The van der Waals surface area contributed by atoms with Gasteiger partial charge in [0.1, 0.15) is 5.75 Å². The number of nitrogens with zero attached hydrogens (tertiary/aromatic N) is 1. The predicted octanol–water partition coefficient (Wildman–Crippen LogP) is 6.64. The second kappa shape index (κ2) is 11.8. The molecule has 0 bridgehead atoms. The zero-order valence-corrected chi connectivity index (χ0v) is 24.9. The van der Waals surface area contributed by atoms with Gasteiger partial charge in [-0.05, 0) is 75.9 Å². The Hall–Kier alpha value is -3.64. The summed E-state index contributed by atoms with van der Waals surface area (Å²) in [6.07, 6.45) is 4.12. The van der Waals surface area contributed by atoms with Crippen LogP contribution in [0.5, 0.6) is 5.75 Å². The molecule has 0 N–H and O–H groups in total. The van der Waals surface area contributed by atoms with Crippen LogP contribution < -0.4 is 4.74 Å². The molecule has 3 aromatic carbocycles. The standard InChI is InChI=1S/C34H39NO4S/c1-7-31-32(22-27-14-16-29(39-6)17-15-27)35(23-28-12-8-25(4)9-13-28)33(36)34(31,21-20-24(2)3)40(37,38)30-18-10-26(5)11-19-30/h7-20,31-32H,1,21-23H2,2-6H3/t31-,32+,34-/m0/s1. The highest BCUT2D eigenvalue weighted by molar-refractivity contribution is 7.93. The molecule has 0 radical (unpaired) electrons. The van der Waals surface area contributed by atoms with E-state index in [2.05, 4.69) is 6.58 Å². The maximum absolute atomic E-state index is 14.7. The second-order valence-electron chi connectivity index (χ2n) is 11.0. The number of benzene rings is 3. The van der Waals surface area contributed by atoms with E-state index in [1.807, 2.05) is 82.3 Å². The van der Waals surface area contributed by atoms with Gasteiger partial charge in [0.15, 0.2) is 14.6 Å². The Labute approximate surface area is 239 Å². The smallest absolute Gasteiger partial charge is 0.246 e. The van der Waals surface area contributed by atoms with E-state index in [0.29, 0.717) is 13.0 Å². The van der Waals surface area contributed by atoms with Gasteiger partial charge in [-0.3, -0.25) is 4.79 Å². The van der Waals surface area contributed by atoms with Crippen molar-refractivity contribution in [1.29, 1.82) is 0 Å². The number of sulfone groups is 1. The zero-order chi connectivity index (χ0) is 29.1. The van der Waals surface area contributed by atoms with Crippen LogP contribution in [0, 0.1) is 19.8 Å². The molecule has 1 aliphatic heterocycles. The van der Waals surface area contributed by atoms with Crippen molar-refractivity contribution in [1.82, 2.24) is 4.90 Å². The summed E-state index contributed by atoms with van der Waals surface area (Å²) in [6.45, 7) is 12.2. The Morgan fingerprint density at radius 1 is 0.925 bits per heavy atom. The lowest BCUT2D eigenvalue weighted by Gasteiger charge is -2.31. The first-order valence-corrected chi connectivity index (χ1v) is 15.1. The van der Waals surface area contributed by atoms with Crippen LogP contribution in [0.15, 0.2) is 102 Å². The first-order valence-electron chi connectivity index (χ1n) is 13.6. The van der Waals surface area contributed by atoms with Crippen LogP contribution in [0.3, 0.4) is 0 Å². The molecule has 0 aromatic heterocycles. The molecule has 1 amide bonds. The van der Waals surface area contributed by atoms with Crippen LogP contribution in [0.2, 0.25) is 0 Å². The first kappa shape index (κ1) is 29.3. The van der Waals surface area contributed by atoms with Gasteiger partial charge in [-0.1, -0.05) is 77.4 Å². The SMILES string of the molecule is C=C[C@H]1[C@@H](Cc2ccc(OC)cc2)N(Cc2ccc(C)cc2)C(=O)[C@@]1(CC=C(C)C)S(=O)(=O)c1ccc(C)cc1. The van der Waals surface area contributed by atoms with Gasteiger partial charge < -0.3 is 9.64 Å². The van der Waals surface area contributed by atoms with E-state index in [-0.39, 0.29) is 17.2 Å². The van der Waals surface area contributed by atoms with Gasteiger partial charge in [-0.15, -0.1) is 6.58 Å². The molecular weight excluding hydrogens is 518 g/mol. The van der Waals surface area contributed by atoms with Crippen molar-refractivity contribution in [2.75, 3.05) is 7.11 Å². The van der Waals surface area contributed by atoms with Crippen molar-refractivity contribution in [3.8, 4) is 5.75 Å².